The molecule has 0 radical (unpaired) electrons. The molecule has 3 aromatic rings. The maximum atomic E-state index is 12.1. The number of methoxy groups -OCH3 is 1. The lowest BCUT2D eigenvalue weighted by atomic mass is 10.2. The van der Waals surface area contributed by atoms with Gasteiger partial charge in [0, 0.05) is 11.1 Å². The monoisotopic (exact) mass is 353 g/mol. The van der Waals surface area contributed by atoms with E-state index in [1.165, 1.54) is 12.7 Å². The molecule has 2 N–H and O–H groups in total. The van der Waals surface area contributed by atoms with Gasteiger partial charge in [0.2, 0.25) is 0 Å². The largest absolute Gasteiger partial charge is 0.484 e. The molecule has 1 aromatic heterocycles. The Morgan fingerprint density at radius 2 is 1.92 bits per heavy atom. The van der Waals surface area contributed by atoms with Gasteiger partial charge < -0.3 is 14.8 Å². The van der Waals surface area contributed by atoms with Crippen LogP contribution in [0, 0.1) is 0 Å². The van der Waals surface area contributed by atoms with E-state index in [1.54, 1.807) is 18.2 Å². The van der Waals surface area contributed by atoms with E-state index in [1.807, 2.05) is 24.3 Å². The van der Waals surface area contributed by atoms with Gasteiger partial charge in [-0.15, -0.1) is 0 Å². The first-order valence-corrected chi connectivity index (χ1v) is 8.18. The molecule has 0 aliphatic carbocycles. The minimum atomic E-state index is -0.543. The van der Waals surface area contributed by atoms with Crippen molar-refractivity contribution in [3.63, 3.8) is 0 Å². The van der Waals surface area contributed by atoms with E-state index in [4.69, 9.17) is 9.47 Å². The van der Waals surface area contributed by atoms with Crippen molar-refractivity contribution in [1.82, 2.24) is 10.2 Å². The Hall–Kier alpha value is -3.35. The number of hydrogen-bond acceptors (Lipinski definition) is 5. The van der Waals surface area contributed by atoms with Gasteiger partial charge in [-0.1, -0.05) is 19.1 Å². The normalized spacial score (nSPS) is 10.5. The van der Waals surface area contributed by atoms with Crippen LogP contribution >= 0.6 is 0 Å². The number of hydrogen-bond donors (Lipinski definition) is 2. The van der Waals surface area contributed by atoms with Gasteiger partial charge in [-0.25, -0.2) is 4.79 Å². The van der Waals surface area contributed by atoms with Gasteiger partial charge >= 0.3 is 5.97 Å². The molecule has 3 rings (SSSR count). The Balaban J connectivity index is 1.65. The Morgan fingerprint density at radius 1 is 1.15 bits per heavy atom. The van der Waals surface area contributed by atoms with Crippen molar-refractivity contribution in [3.8, 4) is 5.75 Å². The summed E-state index contributed by atoms with van der Waals surface area (Å²) >= 11 is 0. The number of nitrogens with zero attached hydrogens (tertiary/aromatic N) is 1. The molecular formula is C19H19N3O4. The number of aromatic nitrogens is 2. The minimum Gasteiger partial charge on any atom is -0.484 e. The first kappa shape index (κ1) is 17.5. The molecule has 0 spiro atoms. The lowest BCUT2D eigenvalue weighted by molar-refractivity contribution is -0.118. The highest BCUT2D eigenvalue weighted by Gasteiger charge is 2.15. The number of H-pyrrole nitrogens is 1. The molecule has 26 heavy (non-hydrogen) atoms. The summed E-state index contributed by atoms with van der Waals surface area (Å²) in [5.41, 5.74) is 2.59. The second kappa shape index (κ2) is 7.69. The van der Waals surface area contributed by atoms with Crippen LogP contribution in [0.5, 0.6) is 5.75 Å². The molecule has 134 valence electrons. The van der Waals surface area contributed by atoms with E-state index in [0.29, 0.717) is 22.3 Å². The molecule has 7 heteroatoms. The van der Waals surface area contributed by atoms with Crippen molar-refractivity contribution < 1.29 is 19.1 Å². The molecule has 0 aliphatic rings. The number of aromatic amines is 1. The van der Waals surface area contributed by atoms with Crippen molar-refractivity contribution in [2.75, 3.05) is 19.0 Å². The number of ether oxygens (including phenoxy) is 2. The summed E-state index contributed by atoms with van der Waals surface area (Å²) in [5, 5.41) is 10.0. The van der Waals surface area contributed by atoms with Crippen molar-refractivity contribution in [2.24, 2.45) is 0 Å². The fraction of sp³-hybridized carbons (Fsp3) is 0.211. The highest BCUT2D eigenvalue weighted by molar-refractivity contribution is 6.04. The van der Waals surface area contributed by atoms with Gasteiger partial charge in [-0.05, 0) is 42.3 Å². The number of esters is 1. The zero-order valence-electron chi connectivity index (χ0n) is 14.5. The molecule has 0 aliphatic heterocycles. The molecular weight excluding hydrogens is 334 g/mol. The predicted octanol–water partition coefficient (Wildman–Crippen LogP) is 2.93. The van der Waals surface area contributed by atoms with Gasteiger partial charge in [0.05, 0.1) is 12.6 Å². The molecule has 0 fully saturated rings. The van der Waals surface area contributed by atoms with Crippen LogP contribution < -0.4 is 10.1 Å². The number of nitrogens with one attached hydrogen (secondary N) is 2. The van der Waals surface area contributed by atoms with Crippen LogP contribution in [0.2, 0.25) is 0 Å². The van der Waals surface area contributed by atoms with Gasteiger partial charge in [0.15, 0.2) is 12.3 Å². The SMILES string of the molecule is CCc1ccc(OCC(=O)Nc2ccc3[nH]nc(C(=O)OC)c3c2)cc1. The van der Waals surface area contributed by atoms with E-state index in [-0.39, 0.29) is 18.2 Å². The smallest absolute Gasteiger partial charge is 0.359 e. The number of anilines is 1. The van der Waals surface area contributed by atoms with Crippen molar-refractivity contribution in [3.05, 3.63) is 53.7 Å². The summed E-state index contributed by atoms with van der Waals surface area (Å²) in [6.07, 6.45) is 0.949. The maximum Gasteiger partial charge on any atom is 0.359 e. The first-order chi connectivity index (χ1) is 12.6. The standard InChI is InChI=1S/C19H19N3O4/c1-3-12-4-7-14(8-5-12)26-11-17(23)20-13-6-9-16-15(10-13)18(22-21-16)19(24)25-2/h4-10H,3,11H2,1-2H3,(H,20,23)(H,21,22). The van der Waals surface area contributed by atoms with Gasteiger partial charge in [-0.2, -0.15) is 5.10 Å². The van der Waals surface area contributed by atoms with Crippen LogP contribution in [0.15, 0.2) is 42.5 Å². The third kappa shape index (κ3) is 3.83. The summed E-state index contributed by atoms with van der Waals surface area (Å²) in [6.45, 7) is 1.96. The van der Waals surface area contributed by atoms with E-state index in [0.717, 1.165) is 6.42 Å². The molecule has 0 saturated carbocycles. The van der Waals surface area contributed by atoms with Crippen molar-refractivity contribution >= 4 is 28.5 Å². The Bertz CT molecular complexity index is 932. The number of fused-ring (bicyclic) bond motifs is 1. The third-order valence-electron chi connectivity index (χ3n) is 3.93. The summed E-state index contributed by atoms with van der Waals surface area (Å²) in [6, 6.07) is 12.7. The van der Waals surface area contributed by atoms with Crippen LogP contribution in [0.4, 0.5) is 5.69 Å². The van der Waals surface area contributed by atoms with Crippen molar-refractivity contribution in [2.45, 2.75) is 13.3 Å². The summed E-state index contributed by atoms with van der Waals surface area (Å²) < 4.78 is 10.2. The molecule has 7 nitrogen and oxygen atoms in total. The molecule has 0 saturated heterocycles. The topological polar surface area (TPSA) is 93.3 Å². The maximum absolute atomic E-state index is 12.1. The third-order valence-corrected chi connectivity index (χ3v) is 3.93. The number of aryl methyl sites for hydroxylation is 1. The predicted molar refractivity (Wildman–Crippen MR) is 97.4 cm³/mol. The Labute approximate surface area is 150 Å². The summed E-state index contributed by atoms with van der Waals surface area (Å²) in [5.74, 6) is -0.207. The lowest BCUT2D eigenvalue weighted by Crippen LogP contribution is -2.20. The molecule has 0 atom stereocenters. The van der Waals surface area contributed by atoms with E-state index < -0.39 is 5.97 Å². The quantitative estimate of drug-likeness (QED) is 0.665. The van der Waals surface area contributed by atoms with Crippen LogP contribution in [-0.4, -0.2) is 35.8 Å². The van der Waals surface area contributed by atoms with E-state index in [9.17, 15) is 9.59 Å². The average molecular weight is 353 g/mol. The zero-order valence-corrected chi connectivity index (χ0v) is 14.5. The van der Waals surface area contributed by atoms with Gasteiger partial charge in [0.25, 0.3) is 5.91 Å². The van der Waals surface area contributed by atoms with Crippen molar-refractivity contribution in [1.29, 1.82) is 0 Å². The van der Waals surface area contributed by atoms with Crippen LogP contribution in [0.3, 0.4) is 0 Å². The highest BCUT2D eigenvalue weighted by atomic mass is 16.5. The molecule has 1 amide bonds. The molecule has 0 bridgehead atoms. The second-order valence-corrected chi connectivity index (χ2v) is 5.66. The Morgan fingerprint density at radius 3 is 2.62 bits per heavy atom. The number of carbonyl (C=O) groups excluding carboxylic acids is 2. The fourth-order valence-corrected chi connectivity index (χ4v) is 2.51. The summed E-state index contributed by atoms with van der Waals surface area (Å²) in [7, 11) is 1.29. The van der Waals surface area contributed by atoms with E-state index in [2.05, 4.69) is 22.4 Å². The number of benzene rings is 2. The number of amides is 1. The fourth-order valence-electron chi connectivity index (χ4n) is 2.51. The average Bonchev–Trinajstić information content (AvgIpc) is 3.09. The zero-order chi connectivity index (χ0) is 18.5. The van der Waals surface area contributed by atoms with Gasteiger partial charge in [-0.3, -0.25) is 9.89 Å². The second-order valence-electron chi connectivity index (χ2n) is 5.66. The number of carbonyl (C=O) groups is 2. The Kier molecular flexibility index (Phi) is 5.17. The molecule has 0 unspecified atom stereocenters. The number of rotatable bonds is 6. The van der Waals surface area contributed by atoms with Crippen LogP contribution in [0.1, 0.15) is 23.0 Å². The van der Waals surface area contributed by atoms with E-state index >= 15 is 0 Å². The minimum absolute atomic E-state index is 0.112. The molecule has 2 aromatic carbocycles. The van der Waals surface area contributed by atoms with Crippen LogP contribution in [-0.2, 0) is 16.0 Å². The van der Waals surface area contributed by atoms with Crippen LogP contribution in [0.25, 0.3) is 10.9 Å². The van der Waals surface area contributed by atoms with Gasteiger partial charge in [0.1, 0.15) is 5.75 Å². The molecule has 1 heterocycles. The highest BCUT2D eigenvalue weighted by Crippen LogP contribution is 2.21. The lowest BCUT2D eigenvalue weighted by Gasteiger charge is -2.08. The summed E-state index contributed by atoms with van der Waals surface area (Å²) in [4.78, 5) is 23.8. The first-order valence-electron chi connectivity index (χ1n) is 8.18.